The van der Waals surface area contributed by atoms with Crippen LogP contribution >= 0.6 is 0 Å². The largest absolute Gasteiger partial charge is 0.381 e. The van der Waals surface area contributed by atoms with E-state index in [0.29, 0.717) is 0 Å². The quantitative estimate of drug-likeness (QED) is 0.300. The summed E-state index contributed by atoms with van der Waals surface area (Å²) < 4.78 is 5.50. The molecule has 0 spiro atoms. The van der Waals surface area contributed by atoms with Crippen molar-refractivity contribution in [2.45, 2.75) is 97.8 Å². The molecule has 0 saturated heterocycles. The molecule has 0 aliphatic rings. The molecule has 0 unspecified atom stereocenters. The molecule has 0 amide bonds. The molecule has 0 aliphatic heterocycles. The fraction of sp³-hybridized carbons (Fsp3) is 0.739. The third-order valence-electron chi connectivity index (χ3n) is 4.20. The zero-order chi connectivity index (χ0) is 17.7. The highest BCUT2D eigenvalue weighted by molar-refractivity contribution is 5.14. The Morgan fingerprint density at radius 3 is 1.67 bits per heavy atom. The van der Waals surface area contributed by atoms with Gasteiger partial charge in [-0.1, -0.05) is 102 Å². The predicted octanol–water partition coefficient (Wildman–Crippen LogP) is 7.58. The molecular formula is C23H42O. The van der Waals surface area contributed by atoms with Crippen LogP contribution in [0.4, 0.5) is 0 Å². The zero-order valence-corrected chi connectivity index (χ0v) is 16.7. The van der Waals surface area contributed by atoms with Gasteiger partial charge in [-0.05, 0) is 31.2 Å². The van der Waals surface area contributed by atoms with Gasteiger partial charge in [-0.15, -0.1) is 0 Å². The smallest absolute Gasteiger partial charge is 0.0466 e. The molecule has 1 rings (SSSR count). The number of aryl methyl sites for hydroxylation is 1. The lowest BCUT2D eigenvalue weighted by Crippen LogP contribution is -1.95. The van der Waals surface area contributed by atoms with Crippen molar-refractivity contribution in [1.29, 1.82) is 0 Å². The number of hydrogen-bond acceptors (Lipinski definition) is 1. The second-order valence-electron chi connectivity index (χ2n) is 6.38. The van der Waals surface area contributed by atoms with Crippen molar-refractivity contribution in [3.05, 3.63) is 35.9 Å². The Kier molecular flexibility index (Phi) is 19.5. The molecule has 24 heavy (non-hydrogen) atoms. The normalized spacial score (nSPS) is 10.3. The first kappa shape index (κ1) is 23.2. The van der Waals surface area contributed by atoms with E-state index in [1.54, 1.807) is 0 Å². The first-order valence-corrected chi connectivity index (χ1v) is 10.5. The second kappa shape index (κ2) is 20.2. The van der Waals surface area contributed by atoms with Gasteiger partial charge >= 0.3 is 0 Å². The van der Waals surface area contributed by atoms with E-state index in [0.717, 1.165) is 19.6 Å². The zero-order valence-electron chi connectivity index (χ0n) is 16.7. The standard InChI is InChI=1S/C21H36O.C2H6/c1-2-19-22-20-15-10-8-6-4-3-5-7-9-12-16-21-17-13-11-14-18-21;1-2/h11,13-14,17-18H,2-10,12,15-16,19-20H2,1H3;1-2H3. The van der Waals surface area contributed by atoms with E-state index in [2.05, 4.69) is 37.3 Å². The molecule has 0 atom stereocenters. The third kappa shape index (κ3) is 16.1. The highest BCUT2D eigenvalue weighted by Gasteiger charge is 1.95. The van der Waals surface area contributed by atoms with Gasteiger partial charge in [0.2, 0.25) is 0 Å². The van der Waals surface area contributed by atoms with Gasteiger partial charge < -0.3 is 4.74 Å². The first-order valence-electron chi connectivity index (χ1n) is 10.5. The molecule has 1 aromatic rings. The molecule has 1 aromatic carbocycles. The van der Waals surface area contributed by atoms with E-state index >= 15 is 0 Å². The lowest BCUT2D eigenvalue weighted by molar-refractivity contribution is 0.130. The molecule has 0 aromatic heterocycles. The molecule has 0 heterocycles. The SMILES string of the molecule is CC.CCCOCCCCCCCCCCCCc1ccccc1. The van der Waals surface area contributed by atoms with Crippen LogP contribution in [0.25, 0.3) is 0 Å². The van der Waals surface area contributed by atoms with Crippen molar-refractivity contribution in [2.24, 2.45) is 0 Å². The number of unbranched alkanes of at least 4 members (excludes halogenated alkanes) is 9. The van der Waals surface area contributed by atoms with E-state index in [-0.39, 0.29) is 0 Å². The van der Waals surface area contributed by atoms with Crippen LogP contribution in [0.2, 0.25) is 0 Å². The summed E-state index contributed by atoms with van der Waals surface area (Å²) >= 11 is 0. The molecule has 0 aliphatic carbocycles. The van der Waals surface area contributed by atoms with Crippen molar-refractivity contribution < 1.29 is 4.74 Å². The maximum absolute atomic E-state index is 5.50. The number of benzene rings is 1. The minimum absolute atomic E-state index is 0.935. The van der Waals surface area contributed by atoms with Crippen LogP contribution in [0.15, 0.2) is 30.3 Å². The van der Waals surface area contributed by atoms with Gasteiger partial charge in [0.1, 0.15) is 0 Å². The maximum atomic E-state index is 5.50. The molecular weight excluding hydrogens is 292 g/mol. The number of ether oxygens (including phenoxy) is 1. The van der Waals surface area contributed by atoms with Gasteiger partial charge in [0.15, 0.2) is 0 Å². The molecule has 0 saturated carbocycles. The summed E-state index contributed by atoms with van der Waals surface area (Å²) in [5.74, 6) is 0. The Labute approximate surface area is 152 Å². The predicted molar refractivity (Wildman–Crippen MR) is 109 cm³/mol. The summed E-state index contributed by atoms with van der Waals surface area (Å²) in [6, 6.07) is 10.9. The van der Waals surface area contributed by atoms with Crippen molar-refractivity contribution in [3.63, 3.8) is 0 Å². The van der Waals surface area contributed by atoms with Crippen LogP contribution in [0.3, 0.4) is 0 Å². The maximum Gasteiger partial charge on any atom is 0.0466 e. The average Bonchev–Trinajstić information content (AvgIpc) is 2.64. The minimum atomic E-state index is 0.935. The van der Waals surface area contributed by atoms with E-state index in [1.807, 2.05) is 13.8 Å². The molecule has 1 heteroatoms. The fourth-order valence-corrected chi connectivity index (χ4v) is 2.84. The van der Waals surface area contributed by atoms with Gasteiger partial charge in [0.25, 0.3) is 0 Å². The Hall–Kier alpha value is -0.820. The lowest BCUT2D eigenvalue weighted by Gasteiger charge is -2.04. The highest BCUT2D eigenvalue weighted by atomic mass is 16.5. The Bertz CT molecular complexity index is 320. The average molecular weight is 335 g/mol. The molecule has 0 N–H and O–H groups in total. The third-order valence-corrected chi connectivity index (χ3v) is 4.20. The molecule has 0 fully saturated rings. The van der Waals surface area contributed by atoms with Gasteiger partial charge in [0, 0.05) is 13.2 Å². The van der Waals surface area contributed by atoms with Gasteiger partial charge in [-0.2, -0.15) is 0 Å². The van der Waals surface area contributed by atoms with Crippen LogP contribution in [0, 0.1) is 0 Å². The molecule has 1 nitrogen and oxygen atoms in total. The van der Waals surface area contributed by atoms with E-state index in [1.165, 1.54) is 76.2 Å². The summed E-state index contributed by atoms with van der Waals surface area (Å²) in [7, 11) is 0. The molecule has 0 radical (unpaired) electrons. The molecule has 140 valence electrons. The van der Waals surface area contributed by atoms with Crippen molar-refractivity contribution in [2.75, 3.05) is 13.2 Å². The summed E-state index contributed by atoms with van der Waals surface area (Å²) in [5.41, 5.74) is 1.49. The fourth-order valence-electron chi connectivity index (χ4n) is 2.84. The minimum Gasteiger partial charge on any atom is -0.381 e. The van der Waals surface area contributed by atoms with Crippen LogP contribution in [0.5, 0.6) is 0 Å². The number of rotatable bonds is 15. The van der Waals surface area contributed by atoms with Crippen molar-refractivity contribution in [1.82, 2.24) is 0 Å². The Morgan fingerprint density at radius 2 is 1.12 bits per heavy atom. The Morgan fingerprint density at radius 1 is 0.625 bits per heavy atom. The summed E-state index contributed by atoms with van der Waals surface area (Å²) in [4.78, 5) is 0. The first-order chi connectivity index (χ1) is 11.9. The molecule has 0 bridgehead atoms. The van der Waals surface area contributed by atoms with Crippen LogP contribution < -0.4 is 0 Å². The van der Waals surface area contributed by atoms with E-state index in [9.17, 15) is 0 Å². The van der Waals surface area contributed by atoms with E-state index < -0.39 is 0 Å². The summed E-state index contributed by atoms with van der Waals surface area (Å²) in [5, 5.41) is 0. The second-order valence-corrected chi connectivity index (χ2v) is 6.38. The van der Waals surface area contributed by atoms with Crippen LogP contribution in [-0.4, -0.2) is 13.2 Å². The lowest BCUT2D eigenvalue weighted by atomic mass is 10.0. The Balaban J connectivity index is 0.00000254. The van der Waals surface area contributed by atoms with Gasteiger partial charge in [-0.3, -0.25) is 0 Å². The monoisotopic (exact) mass is 334 g/mol. The van der Waals surface area contributed by atoms with Gasteiger partial charge in [0.05, 0.1) is 0 Å². The highest BCUT2D eigenvalue weighted by Crippen LogP contribution is 2.12. The van der Waals surface area contributed by atoms with Gasteiger partial charge in [-0.25, -0.2) is 0 Å². The van der Waals surface area contributed by atoms with Crippen molar-refractivity contribution in [3.8, 4) is 0 Å². The summed E-state index contributed by atoms with van der Waals surface area (Å²) in [6.07, 6.45) is 16.2. The topological polar surface area (TPSA) is 9.23 Å². The summed E-state index contributed by atoms with van der Waals surface area (Å²) in [6.45, 7) is 8.07. The van der Waals surface area contributed by atoms with E-state index in [4.69, 9.17) is 4.74 Å². The number of hydrogen-bond donors (Lipinski definition) is 0. The van der Waals surface area contributed by atoms with Crippen LogP contribution in [0.1, 0.15) is 97.0 Å². The van der Waals surface area contributed by atoms with Crippen LogP contribution in [-0.2, 0) is 11.2 Å². The van der Waals surface area contributed by atoms with Crippen molar-refractivity contribution >= 4 is 0 Å².